The lowest BCUT2D eigenvalue weighted by Crippen LogP contribution is -2.21. The van der Waals surface area contributed by atoms with Crippen LogP contribution in [-0.4, -0.2) is 21.6 Å². The van der Waals surface area contributed by atoms with Crippen LogP contribution in [0.4, 0.5) is 11.6 Å². The van der Waals surface area contributed by atoms with Gasteiger partial charge in [-0.1, -0.05) is 12.1 Å². The van der Waals surface area contributed by atoms with Crippen LogP contribution in [-0.2, 0) is 12.0 Å². The summed E-state index contributed by atoms with van der Waals surface area (Å²) in [5, 5.41) is 9.35. The average molecular weight is 285 g/mol. The fourth-order valence-corrected chi connectivity index (χ4v) is 3.15. The fraction of sp³-hybridized carbons (Fsp3) is 0.333. The van der Waals surface area contributed by atoms with Gasteiger partial charge in [-0.15, -0.1) is 12.6 Å². The van der Waals surface area contributed by atoms with E-state index < -0.39 is 0 Å². The Morgan fingerprint density at radius 1 is 1.25 bits per heavy atom. The molecule has 2 aromatic rings. The Morgan fingerprint density at radius 3 is 2.65 bits per heavy atom. The third kappa shape index (κ3) is 1.73. The molecule has 1 N–H and O–H groups in total. The third-order valence-electron chi connectivity index (χ3n) is 4.29. The van der Waals surface area contributed by atoms with Crippen molar-refractivity contribution in [1.82, 2.24) is 9.97 Å². The zero-order valence-corrected chi connectivity index (χ0v) is 11.8. The summed E-state index contributed by atoms with van der Waals surface area (Å²) >= 11 is 4.23. The topological polar surface area (TPSA) is 49.2 Å². The molecule has 0 unspecified atom stereocenters. The fourth-order valence-electron chi connectivity index (χ4n) is 3.03. The van der Waals surface area contributed by atoms with E-state index in [-0.39, 0.29) is 12.0 Å². The second-order valence-corrected chi connectivity index (χ2v) is 6.13. The summed E-state index contributed by atoms with van der Waals surface area (Å²) in [7, 11) is 0. The lowest BCUT2D eigenvalue weighted by atomic mass is 9.97. The van der Waals surface area contributed by atoms with E-state index >= 15 is 0 Å². The first kappa shape index (κ1) is 12.2. The quantitative estimate of drug-likeness (QED) is 0.832. The smallest absolute Gasteiger partial charge is 0.229 e. The summed E-state index contributed by atoms with van der Waals surface area (Å²) in [5.74, 6) is 0.711. The molecule has 5 heteroatoms. The second kappa shape index (κ2) is 4.20. The van der Waals surface area contributed by atoms with E-state index in [1.54, 1.807) is 12.4 Å². The molecule has 20 heavy (non-hydrogen) atoms. The predicted octanol–water partition coefficient (Wildman–Crippen LogP) is 2.44. The van der Waals surface area contributed by atoms with Gasteiger partial charge in [0, 0.05) is 34.9 Å². The van der Waals surface area contributed by atoms with Crippen LogP contribution < -0.4 is 4.90 Å². The van der Waals surface area contributed by atoms with Crippen molar-refractivity contribution in [2.24, 2.45) is 0 Å². The van der Waals surface area contributed by atoms with Crippen molar-refractivity contribution < 1.29 is 5.11 Å². The molecule has 1 saturated carbocycles. The lowest BCUT2D eigenvalue weighted by molar-refractivity contribution is 0.282. The van der Waals surface area contributed by atoms with Crippen LogP contribution in [0.5, 0.6) is 0 Å². The Kier molecular flexibility index (Phi) is 2.56. The molecule has 0 radical (unpaired) electrons. The molecule has 2 heterocycles. The first-order valence-electron chi connectivity index (χ1n) is 6.75. The maximum absolute atomic E-state index is 9.35. The van der Waals surface area contributed by atoms with Crippen LogP contribution >= 0.6 is 12.6 Å². The maximum Gasteiger partial charge on any atom is 0.229 e. The van der Waals surface area contributed by atoms with E-state index in [0.29, 0.717) is 5.95 Å². The molecular weight excluding hydrogens is 270 g/mol. The highest BCUT2D eigenvalue weighted by atomic mass is 32.1. The number of hydrogen-bond donors (Lipinski definition) is 2. The summed E-state index contributed by atoms with van der Waals surface area (Å²) in [6.45, 7) is 0.994. The van der Waals surface area contributed by atoms with Gasteiger partial charge in [0.25, 0.3) is 0 Å². The third-order valence-corrected chi connectivity index (χ3v) is 4.52. The van der Waals surface area contributed by atoms with E-state index in [4.69, 9.17) is 0 Å². The van der Waals surface area contributed by atoms with Gasteiger partial charge < -0.3 is 10.0 Å². The first-order valence-corrected chi connectivity index (χ1v) is 7.19. The second-order valence-electron chi connectivity index (χ2n) is 5.62. The monoisotopic (exact) mass is 285 g/mol. The van der Waals surface area contributed by atoms with Gasteiger partial charge in [-0.05, 0) is 30.0 Å². The van der Waals surface area contributed by atoms with Crippen molar-refractivity contribution >= 4 is 24.3 Å². The Bertz CT molecular complexity index is 667. The molecule has 1 aliphatic heterocycles. The first-order chi connectivity index (χ1) is 9.72. The van der Waals surface area contributed by atoms with Gasteiger partial charge in [-0.25, -0.2) is 9.97 Å². The predicted molar refractivity (Wildman–Crippen MR) is 79.6 cm³/mol. The molecule has 0 saturated heterocycles. The number of anilines is 2. The van der Waals surface area contributed by atoms with Crippen LogP contribution in [0.3, 0.4) is 0 Å². The van der Waals surface area contributed by atoms with E-state index in [1.165, 1.54) is 18.4 Å². The summed E-state index contributed by atoms with van der Waals surface area (Å²) < 4.78 is 0. The van der Waals surface area contributed by atoms with E-state index in [9.17, 15) is 5.11 Å². The van der Waals surface area contributed by atoms with E-state index in [1.807, 2.05) is 6.07 Å². The van der Waals surface area contributed by atoms with Crippen molar-refractivity contribution in [3.05, 3.63) is 41.7 Å². The molecule has 0 bridgehead atoms. The average Bonchev–Trinajstić information content (AvgIpc) is 3.18. The minimum absolute atomic E-state index is 0.0601. The molecule has 0 amide bonds. The molecule has 1 aliphatic carbocycles. The van der Waals surface area contributed by atoms with Gasteiger partial charge in [0.05, 0.1) is 6.61 Å². The molecule has 1 aromatic heterocycles. The molecule has 4 nitrogen and oxygen atoms in total. The van der Waals surface area contributed by atoms with Gasteiger partial charge in [0.15, 0.2) is 0 Å². The lowest BCUT2D eigenvalue weighted by Gasteiger charge is -2.17. The Hall–Kier alpha value is -1.59. The van der Waals surface area contributed by atoms with Crippen LogP contribution in [0, 0.1) is 0 Å². The van der Waals surface area contributed by atoms with E-state index in [2.05, 4.69) is 39.6 Å². The van der Waals surface area contributed by atoms with Gasteiger partial charge in [0.2, 0.25) is 5.95 Å². The molecule has 4 rings (SSSR count). The highest BCUT2D eigenvalue weighted by molar-refractivity contribution is 7.80. The van der Waals surface area contributed by atoms with Crippen LogP contribution in [0.25, 0.3) is 0 Å². The molecular formula is C15H15N3OS. The molecule has 1 aromatic carbocycles. The van der Waals surface area contributed by atoms with Crippen LogP contribution in [0.1, 0.15) is 24.0 Å². The maximum atomic E-state index is 9.35. The number of benzene rings is 1. The Balaban J connectivity index is 1.82. The Labute approximate surface area is 122 Å². The van der Waals surface area contributed by atoms with Crippen LogP contribution in [0.15, 0.2) is 35.5 Å². The number of fused-ring (bicyclic) bond motifs is 2. The zero-order chi connectivity index (χ0) is 13.7. The van der Waals surface area contributed by atoms with Crippen molar-refractivity contribution in [2.45, 2.75) is 29.8 Å². The molecule has 1 fully saturated rings. The standard InChI is InChI=1S/C15H15N3OS/c19-8-10-1-2-12-13(5-10)18(9-15(12)3-4-15)14-16-6-11(20)7-17-14/h1-2,5-7,19-20H,3-4,8-9H2. The number of rotatable bonds is 2. The van der Waals surface area contributed by atoms with Crippen molar-refractivity contribution in [1.29, 1.82) is 0 Å². The number of aromatic nitrogens is 2. The number of nitrogens with zero attached hydrogens (tertiary/aromatic N) is 3. The number of thiol groups is 1. The highest BCUT2D eigenvalue weighted by Crippen LogP contribution is 2.57. The minimum Gasteiger partial charge on any atom is -0.392 e. The normalized spacial score (nSPS) is 18.4. The van der Waals surface area contributed by atoms with Gasteiger partial charge in [0.1, 0.15) is 0 Å². The number of aliphatic hydroxyl groups is 1. The number of hydrogen-bond acceptors (Lipinski definition) is 5. The van der Waals surface area contributed by atoms with Gasteiger partial charge in [-0.2, -0.15) is 0 Å². The molecule has 0 atom stereocenters. The SMILES string of the molecule is OCc1ccc2c(c1)N(c1ncc(S)cn1)CC21CC1. The summed E-state index contributed by atoms with van der Waals surface area (Å²) in [5.41, 5.74) is 3.72. The highest BCUT2D eigenvalue weighted by Gasteiger charge is 2.52. The minimum atomic E-state index is 0.0601. The van der Waals surface area contributed by atoms with Crippen molar-refractivity contribution in [2.75, 3.05) is 11.4 Å². The summed E-state index contributed by atoms with van der Waals surface area (Å²) in [4.78, 5) is 11.7. The summed E-state index contributed by atoms with van der Waals surface area (Å²) in [6.07, 6.45) is 5.89. The van der Waals surface area contributed by atoms with E-state index in [0.717, 1.165) is 22.7 Å². The van der Waals surface area contributed by atoms with Gasteiger partial charge in [-0.3, -0.25) is 0 Å². The largest absolute Gasteiger partial charge is 0.392 e. The van der Waals surface area contributed by atoms with Crippen molar-refractivity contribution in [3.63, 3.8) is 0 Å². The summed E-state index contributed by atoms with van der Waals surface area (Å²) in [6, 6.07) is 6.22. The molecule has 102 valence electrons. The van der Waals surface area contributed by atoms with Crippen molar-refractivity contribution in [3.8, 4) is 0 Å². The van der Waals surface area contributed by atoms with Gasteiger partial charge >= 0.3 is 0 Å². The molecule has 2 aliphatic rings. The zero-order valence-electron chi connectivity index (χ0n) is 11.0. The van der Waals surface area contributed by atoms with Crippen LogP contribution in [0.2, 0.25) is 0 Å². The molecule has 1 spiro atoms. The number of aliphatic hydroxyl groups excluding tert-OH is 1. The Morgan fingerprint density at radius 2 is 2.00 bits per heavy atom.